The standard InChI is InChI=1S/C14H12ClNO5/c15-10-3-1-2-4-11(10)16-14(19)8-21-13-7-20-9(6-17)5-12(13)18/h1-5,7,17H,6,8H2,(H,16,19). The summed E-state index contributed by atoms with van der Waals surface area (Å²) < 4.78 is 10.00. The number of carbonyl (C=O) groups excluding carboxylic acids is 1. The Morgan fingerprint density at radius 2 is 2.14 bits per heavy atom. The number of aliphatic hydroxyl groups is 1. The molecule has 0 saturated heterocycles. The zero-order valence-electron chi connectivity index (χ0n) is 10.8. The second-order valence-electron chi connectivity index (χ2n) is 4.05. The second-order valence-corrected chi connectivity index (χ2v) is 4.46. The average molecular weight is 310 g/mol. The van der Waals surface area contributed by atoms with Crippen LogP contribution in [-0.2, 0) is 11.4 Å². The van der Waals surface area contributed by atoms with E-state index < -0.39 is 11.3 Å². The molecule has 0 aliphatic rings. The molecule has 0 bridgehead atoms. The molecule has 0 aliphatic carbocycles. The number of halogens is 1. The number of ether oxygens (including phenoxy) is 1. The molecule has 7 heteroatoms. The van der Waals surface area contributed by atoms with E-state index in [0.717, 1.165) is 12.3 Å². The summed E-state index contributed by atoms with van der Waals surface area (Å²) in [7, 11) is 0. The number of carbonyl (C=O) groups is 1. The zero-order valence-corrected chi connectivity index (χ0v) is 11.6. The van der Waals surface area contributed by atoms with Crippen molar-refractivity contribution in [2.24, 2.45) is 0 Å². The Bertz CT molecular complexity index is 698. The minimum atomic E-state index is -0.476. The van der Waals surface area contributed by atoms with Gasteiger partial charge in [0.25, 0.3) is 5.91 Å². The van der Waals surface area contributed by atoms with Crippen LogP contribution in [0.5, 0.6) is 5.75 Å². The molecular formula is C14H12ClNO5. The summed E-state index contributed by atoms with van der Waals surface area (Å²) in [6.07, 6.45) is 1.05. The van der Waals surface area contributed by atoms with Crippen molar-refractivity contribution in [1.29, 1.82) is 0 Å². The largest absolute Gasteiger partial charge is 0.477 e. The highest BCUT2D eigenvalue weighted by Crippen LogP contribution is 2.20. The van der Waals surface area contributed by atoms with E-state index in [9.17, 15) is 9.59 Å². The van der Waals surface area contributed by atoms with Gasteiger partial charge in [-0.25, -0.2) is 0 Å². The first kappa shape index (κ1) is 15.1. The Kier molecular flexibility index (Phi) is 4.97. The quantitative estimate of drug-likeness (QED) is 0.879. The van der Waals surface area contributed by atoms with E-state index in [1.807, 2.05) is 0 Å². The van der Waals surface area contributed by atoms with E-state index in [-0.39, 0.29) is 24.7 Å². The van der Waals surface area contributed by atoms with Crippen LogP contribution in [-0.4, -0.2) is 17.6 Å². The lowest BCUT2D eigenvalue weighted by Gasteiger charge is -2.08. The first-order chi connectivity index (χ1) is 10.1. The topological polar surface area (TPSA) is 88.8 Å². The third kappa shape index (κ3) is 4.08. The summed E-state index contributed by atoms with van der Waals surface area (Å²) in [6, 6.07) is 7.85. The summed E-state index contributed by atoms with van der Waals surface area (Å²) in [5, 5.41) is 11.8. The molecule has 1 aromatic heterocycles. The van der Waals surface area contributed by atoms with Crippen molar-refractivity contribution in [3.8, 4) is 5.75 Å². The van der Waals surface area contributed by atoms with Crippen molar-refractivity contribution in [1.82, 2.24) is 0 Å². The maximum absolute atomic E-state index is 11.7. The van der Waals surface area contributed by atoms with Crippen LogP contribution in [0.25, 0.3) is 0 Å². The lowest BCUT2D eigenvalue weighted by molar-refractivity contribution is -0.118. The van der Waals surface area contributed by atoms with Crippen molar-refractivity contribution >= 4 is 23.2 Å². The molecule has 1 aromatic carbocycles. The number of hydrogen-bond acceptors (Lipinski definition) is 5. The molecule has 0 aliphatic heterocycles. The normalized spacial score (nSPS) is 10.2. The van der Waals surface area contributed by atoms with E-state index >= 15 is 0 Å². The van der Waals surface area contributed by atoms with Gasteiger partial charge in [0.15, 0.2) is 6.61 Å². The number of benzene rings is 1. The molecule has 2 aromatic rings. The highest BCUT2D eigenvalue weighted by molar-refractivity contribution is 6.33. The summed E-state index contributed by atoms with van der Waals surface area (Å²) >= 11 is 5.90. The minimum absolute atomic E-state index is 0.110. The molecule has 0 radical (unpaired) electrons. The van der Waals surface area contributed by atoms with Crippen molar-refractivity contribution < 1.29 is 19.1 Å². The van der Waals surface area contributed by atoms with Gasteiger partial charge in [0.1, 0.15) is 18.6 Å². The first-order valence-electron chi connectivity index (χ1n) is 6.00. The molecule has 2 rings (SSSR count). The number of rotatable bonds is 5. The first-order valence-corrected chi connectivity index (χ1v) is 6.37. The summed E-state index contributed by atoms with van der Waals surface area (Å²) in [5.41, 5.74) is -0.0220. The molecule has 1 heterocycles. The number of amides is 1. The lowest BCUT2D eigenvalue weighted by Crippen LogP contribution is -2.22. The maximum atomic E-state index is 11.7. The predicted molar refractivity (Wildman–Crippen MR) is 76.5 cm³/mol. The van der Waals surface area contributed by atoms with Gasteiger partial charge in [-0.05, 0) is 12.1 Å². The van der Waals surface area contributed by atoms with Gasteiger partial charge in [0, 0.05) is 6.07 Å². The van der Waals surface area contributed by atoms with Gasteiger partial charge in [-0.2, -0.15) is 0 Å². The average Bonchev–Trinajstić information content (AvgIpc) is 2.48. The van der Waals surface area contributed by atoms with Gasteiger partial charge in [-0.15, -0.1) is 0 Å². The highest BCUT2D eigenvalue weighted by atomic mass is 35.5. The molecule has 0 atom stereocenters. The molecule has 0 unspecified atom stereocenters. The van der Waals surface area contributed by atoms with Gasteiger partial charge >= 0.3 is 0 Å². The molecule has 110 valence electrons. The molecule has 1 amide bonds. The third-order valence-corrected chi connectivity index (χ3v) is 2.84. The van der Waals surface area contributed by atoms with Gasteiger partial charge in [-0.3, -0.25) is 9.59 Å². The number of aliphatic hydroxyl groups excluding tert-OH is 1. The zero-order chi connectivity index (χ0) is 15.2. The smallest absolute Gasteiger partial charge is 0.262 e. The lowest BCUT2D eigenvalue weighted by atomic mass is 10.3. The molecule has 0 saturated carbocycles. The monoisotopic (exact) mass is 309 g/mol. The van der Waals surface area contributed by atoms with E-state index in [0.29, 0.717) is 10.7 Å². The molecule has 21 heavy (non-hydrogen) atoms. The molecular weight excluding hydrogens is 298 g/mol. The Morgan fingerprint density at radius 3 is 2.81 bits per heavy atom. The number of nitrogens with one attached hydrogen (secondary N) is 1. The van der Waals surface area contributed by atoms with Crippen LogP contribution >= 0.6 is 11.6 Å². The van der Waals surface area contributed by atoms with Crippen LogP contribution in [0.1, 0.15) is 5.76 Å². The Morgan fingerprint density at radius 1 is 1.38 bits per heavy atom. The third-order valence-electron chi connectivity index (χ3n) is 2.51. The number of para-hydroxylation sites is 1. The van der Waals surface area contributed by atoms with Crippen molar-refractivity contribution in [3.63, 3.8) is 0 Å². The minimum Gasteiger partial charge on any atom is -0.477 e. The molecule has 2 N–H and O–H groups in total. The maximum Gasteiger partial charge on any atom is 0.262 e. The van der Waals surface area contributed by atoms with Crippen LogP contribution in [0.3, 0.4) is 0 Å². The SMILES string of the molecule is O=C(COc1coc(CO)cc1=O)Nc1ccccc1Cl. The summed E-state index contributed by atoms with van der Waals surface area (Å²) in [5.74, 6) is -0.455. The number of hydrogen-bond donors (Lipinski definition) is 2. The van der Waals surface area contributed by atoms with Gasteiger partial charge in [-0.1, -0.05) is 23.7 Å². The van der Waals surface area contributed by atoms with Crippen LogP contribution in [0.2, 0.25) is 5.02 Å². The van der Waals surface area contributed by atoms with E-state index in [1.165, 1.54) is 0 Å². The summed E-state index contributed by atoms with van der Waals surface area (Å²) in [4.78, 5) is 23.3. The molecule has 6 nitrogen and oxygen atoms in total. The van der Waals surface area contributed by atoms with Crippen molar-refractivity contribution in [2.45, 2.75) is 6.61 Å². The Balaban J connectivity index is 1.96. The summed E-state index contributed by atoms with van der Waals surface area (Å²) in [6.45, 7) is -0.753. The fraction of sp³-hybridized carbons (Fsp3) is 0.143. The highest BCUT2D eigenvalue weighted by Gasteiger charge is 2.09. The second kappa shape index (κ2) is 6.92. The van der Waals surface area contributed by atoms with Crippen LogP contribution in [0.4, 0.5) is 5.69 Å². The van der Waals surface area contributed by atoms with Crippen LogP contribution in [0, 0.1) is 0 Å². The fourth-order valence-electron chi connectivity index (χ4n) is 1.52. The Labute approximate surface area is 124 Å². The fourth-order valence-corrected chi connectivity index (χ4v) is 1.70. The van der Waals surface area contributed by atoms with Gasteiger partial charge in [0.05, 0.1) is 10.7 Å². The van der Waals surface area contributed by atoms with Crippen molar-refractivity contribution in [3.05, 3.63) is 57.6 Å². The van der Waals surface area contributed by atoms with Gasteiger partial charge < -0.3 is 19.6 Å². The number of anilines is 1. The van der Waals surface area contributed by atoms with Crippen LogP contribution in [0.15, 0.2) is 45.8 Å². The molecule has 0 fully saturated rings. The predicted octanol–water partition coefficient (Wildman–Crippen LogP) is 1.80. The van der Waals surface area contributed by atoms with E-state index in [1.54, 1.807) is 24.3 Å². The van der Waals surface area contributed by atoms with E-state index in [4.69, 9.17) is 25.9 Å². The van der Waals surface area contributed by atoms with Crippen LogP contribution < -0.4 is 15.5 Å². The van der Waals surface area contributed by atoms with Gasteiger partial charge in [0.2, 0.25) is 11.2 Å². The van der Waals surface area contributed by atoms with E-state index in [2.05, 4.69) is 5.32 Å². The Hall–Kier alpha value is -2.31. The van der Waals surface area contributed by atoms with Crippen molar-refractivity contribution in [2.75, 3.05) is 11.9 Å². The molecule has 0 spiro atoms.